The molecule has 1 aliphatic heterocycles. The molecule has 0 saturated carbocycles. The summed E-state index contributed by atoms with van der Waals surface area (Å²) in [6.45, 7) is -2.70. The van der Waals surface area contributed by atoms with Gasteiger partial charge in [0.15, 0.2) is 11.6 Å². The number of alkyl halides is 2. The van der Waals surface area contributed by atoms with E-state index in [1.54, 1.807) is 0 Å². The van der Waals surface area contributed by atoms with Crippen molar-refractivity contribution >= 4 is 22.4 Å². The highest BCUT2D eigenvalue weighted by Gasteiger charge is 2.31. The van der Waals surface area contributed by atoms with Crippen LogP contribution in [0.2, 0.25) is 0 Å². The number of halogens is 4. The molecule has 1 aromatic rings. The summed E-state index contributed by atoms with van der Waals surface area (Å²) in [5, 5.41) is 0. The third-order valence-electron chi connectivity index (χ3n) is 3.12. The van der Waals surface area contributed by atoms with Crippen molar-refractivity contribution in [3.63, 3.8) is 0 Å². The molecule has 2 N–H and O–H groups in total. The second kappa shape index (κ2) is 8.15. The maximum atomic E-state index is 13.7. The van der Waals surface area contributed by atoms with Crippen molar-refractivity contribution in [2.75, 3.05) is 26.2 Å². The highest BCUT2D eigenvalue weighted by molar-refractivity contribution is 7.89. The van der Waals surface area contributed by atoms with Gasteiger partial charge in [0, 0.05) is 19.6 Å². The van der Waals surface area contributed by atoms with E-state index in [2.05, 4.69) is 4.74 Å². The molecule has 1 fully saturated rings. The molecular weight excluding hydrogens is 361 g/mol. The van der Waals surface area contributed by atoms with Crippen molar-refractivity contribution in [3.8, 4) is 5.75 Å². The molecule has 1 unspecified atom stereocenters. The van der Waals surface area contributed by atoms with Crippen LogP contribution in [-0.4, -0.2) is 51.7 Å². The van der Waals surface area contributed by atoms with E-state index < -0.39 is 34.3 Å². The molecule has 132 valence electrons. The molecule has 1 saturated heterocycles. The summed E-state index contributed by atoms with van der Waals surface area (Å²) in [5.74, 6) is -1.89. The third kappa shape index (κ3) is 4.70. The van der Waals surface area contributed by atoms with Crippen LogP contribution in [0.1, 0.15) is 0 Å². The van der Waals surface area contributed by atoms with Gasteiger partial charge in [0.2, 0.25) is 10.0 Å². The molecule has 0 aliphatic carbocycles. The molecule has 0 bridgehead atoms. The van der Waals surface area contributed by atoms with Gasteiger partial charge in [0.05, 0.1) is 17.6 Å². The smallest absolute Gasteiger partial charge is 0.387 e. The summed E-state index contributed by atoms with van der Waals surface area (Å²) in [5.41, 5.74) is 5.44. The van der Waals surface area contributed by atoms with Crippen LogP contribution < -0.4 is 10.5 Å². The number of morpholine rings is 1. The third-order valence-corrected chi connectivity index (χ3v) is 4.98. The van der Waals surface area contributed by atoms with Gasteiger partial charge in [-0.3, -0.25) is 0 Å². The largest absolute Gasteiger partial charge is 0.432 e. The topological polar surface area (TPSA) is 81.9 Å². The lowest BCUT2D eigenvalue weighted by Gasteiger charge is -2.31. The number of sulfonamides is 1. The summed E-state index contributed by atoms with van der Waals surface area (Å²) in [6.07, 6.45) is -0.435. The van der Waals surface area contributed by atoms with Crippen molar-refractivity contribution in [3.05, 3.63) is 24.0 Å². The Labute approximate surface area is 137 Å². The predicted molar refractivity (Wildman–Crippen MR) is 77.8 cm³/mol. The number of hydrogen-bond acceptors (Lipinski definition) is 5. The predicted octanol–water partition coefficient (Wildman–Crippen LogP) is 1.20. The summed E-state index contributed by atoms with van der Waals surface area (Å²) in [6, 6.07) is 2.53. The van der Waals surface area contributed by atoms with Crippen molar-refractivity contribution < 1.29 is 31.1 Å². The number of nitrogens with two attached hydrogens (primary N) is 1. The normalized spacial score (nSPS) is 19.4. The molecule has 1 heterocycles. The molecule has 0 amide bonds. The number of benzene rings is 1. The Kier molecular flexibility index (Phi) is 7.08. The van der Waals surface area contributed by atoms with Gasteiger partial charge >= 0.3 is 6.61 Å². The van der Waals surface area contributed by atoms with Crippen LogP contribution in [-0.2, 0) is 14.8 Å². The lowest BCUT2D eigenvalue weighted by Crippen LogP contribution is -2.48. The van der Waals surface area contributed by atoms with Gasteiger partial charge in [0.1, 0.15) is 0 Å². The van der Waals surface area contributed by atoms with Crippen LogP contribution >= 0.6 is 12.4 Å². The van der Waals surface area contributed by atoms with Crippen molar-refractivity contribution in [2.24, 2.45) is 5.73 Å². The molecule has 11 heteroatoms. The molecule has 23 heavy (non-hydrogen) atoms. The first kappa shape index (κ1) is 20.0. The Bertz CT molecular complexity index is 633. The zero-order valence-electron chi connectivity index (χ0n) is 11.8. The minimum atomic E-state index is -3.96. The van der Waals surface area contributed by atoms with Crippen LogP contribution in [0.4, 0.5) is 13.2 Å². The number of rotatable bonds is 5. The van der Waals surface area contributed by atoms with Gasteiger partial charge in [0.25, 0.3) is 0 Å². The van der Waals surface area contributed by atoms with Crippen LogP contribution in [0.3, 0.4) is 0 Å². The molecule has 6 nitrogen and oxygen atoms in total. The second-order valence-electron chi connectivity index (χ2n) is 4.56. The zero-order chi connectivity index (χ0) is 16.3. The van der Waals surface area contributed by atoms with Crippen molar-refractivity contribution in [1.82, 2.24) is 4.31 Å². The van der Waals surface area contributed by atoms with Gasteiger partial charge in [-0.25, -0.2) is 12.8 Å². The fourth-order valence-electron chi connectivity index (χ4n) is 2.04. The average Bonchev–Trinajstić information content (AvgIpc) is 2.49. The van der Waals surface area contributed by atoms with Gasteiger partial charge in [-0.2, -0.15) is 13.1 Å². The Morgan fingerprint density at radius 2 is 2.13 bits per heavy atom. The SMILES string of the molecule is Cl.NCC1CN(S(=O)(=O)c2ccc(OC(F)F)c(F)c2)CCO1. The van der Waals surface area contributed by atoms with Crippen LogP contribution in [0, 0.1) is 5.82 Å². The van der Waals surface area contributed by atoms with Crippen molar-refractivity contribution in [2.45, 2.75) is 17.6 Å². The summed E-state index contributed by atoms with van der Waals surface area (Å²) in [4.78, 5) is -0.343. The Morgan fingerprint density at radius 3 is 2.70 bits per heavy atom. The van der Waals surface area contributed by atoms with Crippen LogP contribution in [0.5, 0.6) is 5.75 Å². The number of nitrogens with zero attached hydrogens (tertiary/aromatic N) is 1. The summed E-state index contributed by atoms with van der Waals surface area (Å²) in [7, 11) is -3.96. The quantitative estimate of drug-likeness (QED) is 0.835. The van der Waals surface area contributed by atoms with E-state index in [-0.39, 0.29) is 43.5 Å². The molecule has 1 atom stereocenters. The monoisotopic (exact) mass is 376 g/mol. The van der Waals surface area contributed by atoms with E-state index in [9.17, 15) is 21.6 Å². The summed E-state index contributed by atoms with van der Waals surface area (Å²) >= 11 is 0. The fourth-order valence-corrected chi connectivity index (χ4v) is 3.50. The maximum absolute atomic E-state index is 13.7. The van der Waals surface area contributed by atoms with Gasteiger partial charge in [-0.05, 0) is 18.2 Å². The molecule has 0 aromatic heterocycles. The molecule has 1 aromatic carbocycles. The average molecular weight is 377 g/mol. The maximum Gasteiger partial charge on any atom is 0.387 e. The number of ether oxygens (including phenoxy) is 2. The van der Waals surface area contributed by atoms with E-state index in [1.807, 2.05) is 0 Å². The zero-order valence-corrected chi connectivity index (χ0v) is 13.5. The van der Waals surface area contributed by atoms with E-state index in [1.165, 1.54) is 0 Å². The molecular formula is C12H16ClF3N2O4S. The molecule has 0 radical (unpaired) electrons. The standard InChI is InChI=1S/C12H15F3N2O4S.ClH/c13-10-5-9(1-2-11(10)21-12(14)15)22(18,19)17-3-4-20-8(6-16)7-17;/h1-2,5,8,12H,3-4,6-7,16H2;1H. The Morgan fingerprint density at radius 1 is 1.43 bits per heavy atom. The van der Waals surface area contributed by atoms with Crippen molar-refractivity contribution in [1.29, 1.82) is 0 Å². The molecule has 0 spiro atoms. The first-order chi connectivity index (χ1) is 10.3. The summed E-state index contributed by atoms with van der Waals surface area (Å²) < 4.78 is 72.9. The first-order valence-electron chi connectivity index (χ1n) is 6.40. The van der Waals surface area contributed by atoms with Gasteiger partial charge in [-0.1, -0.05) is 0 Å². The second-order valence-corrected chi connectivity index (χ2v) is 6.50. The Hall–Kier alpha value is -1.07. The van der Waals surface area contributed by atoms with Gasteiger partial charge in [-0.15, -0.1) is 12.4 Å². The van der Waals surface area contributed by atoms with E-state index >= 15 is 0 Å². The lowest BCUT2D eigenvalue weighted by molar-refractivity contribution is -0.0522. The minimum absolute atomic E-state index is 0. The molecule has 1 aliphatic rings. The van der Waals surface area contributed by atoms with E-state index in [0.717, 1.165) is 16.4 Å². The molecule has 2 rings (SSSR count). The minimum Gasteiger partial charge on any atom is -0.432 e. The van der Waals surface area contributed by atoms with Gasteiger partial charge < -0.3 is 15.2 Å². The number of hydrogen-bond donors (Lipinski definition) is 1. The first-order valence-corrected chi connectivity index (χ1v) is 7.84. The van der Waals surface area contributed by atoms with E-state index in [4.69, 9.17) is 10.5 Å². The highest BCUT2D eigenvalue weighted by Crippen LogP contribution is 2.25. The highest BCUT2D eigenvalue weighted by atomic mass is 35.5. The Balaban J connectivity index is 0.00000264. The van der Waals surface area contributed by atoms with E-state index in [0.29, 0.717) is 6.07 Å². The fraction of sp³-hybridized carbons (Fsp3) is 0.500. The van der Waals surface area contributed by atoms with Crippen LogP contribution in [0.15, 0.2) is 23.1 Å². The van der Waals surface area contributed by atoms with Crippen LogP contribution in [0.25, 0.3) is 0 Å². The lowest BCUT2D eigenvalue weighted by atomic mass is 10.3.